The molecular weight excluding hydrogens is 180 g/mol. The Morgan fingerprint density at radius 1 is 1.64 bits per heavy atom. The summed E-state index contributed by atoms with van der Waals surface area (Å²) in [4.78, 5) is 11.8. The molecule has 0 saturated heterocycles. The van der Waals surface area contributed by atoms with E-state index < -0.39 is 5.54 Å². The van der Waals surface area contributed by atoms with E-state index in [-0.39, 0.29) is 18.1 Å². The maximum absolute atomic E-state index is 11.8. The summed E-state index contributed by atoms with van der Waals surface area (Å²) in [5, 5.41) is 11.9. The van der Waals surface area contributed by atoms with Crippen LogP contribution < -0.4 is 11.1 Å². The molecule has 2 saturated carbocycles. The Labute approximate surface area is 83.9 Å². The van der Waals surface area contributed by atoms with Crippen LogP contribution in [0.5, 0.6) is 0 Å². The highest BCUT2D eigenvalue weighted by Gasteiger charge is 2.50. The quantitative estimate of drug-likeness (QED) is 0.583. The van der Waals surface area contributed by atoms with E-state index in [0.717, 1.165) is 25.7 Å². The zero-order chi connectivity index (χ0) is 10.4. The van der Waals surface area contributed by atoms with Gasteiger partial charge in [-0.25, -0.2) is 0 Å². The molecule has 4 nitrogen and oxygen atoms in total. The van der Waals surface area contributed by atoms with Crippen molar-refractivity contribution in [2.45, 2.75) is 43.7 Å². The van der Waals surface area contributed by atoms with E-state index in [0.29, 0.717) is 5.92 Å². The van der Waals surface area contributed by atoms with Gasteiger partial charge in [-0.05, 0) is 38.5 Å². The molecule has 2 aliphatic rings. The van der Waals surface area contributed by atoms with E-state index in [9.17, 15) is 4.79 Å². The molecular formula is C10H18N2O2. The number of hydrogen-bond donors (Lipinski definition) is 3. The highest BCUT2D eigenvalue weighted by molar-refractivity contribution is 5.87. The summed E-state index contributed by atoms with van der Waals surface area (Å²) in [6, 6.07) is 0. The number of nitrogens with one attached hydrogen (secondary N) is 1. The summed E-state index contributed by atoms with van der Waals surface area (Å²) in [6.45, 7) is 1.81. The molecule has 0 aromatic heterocycles. The average Bonchev–Trinajstić information content (AvgIpc) is 3.00. The molecule has 0 radical (unpaired) electrons. The molecule has 0 aromatic carbocycles. The third-order valence-electron chi connectivity index (χ3n) is 3.45. The van der Waals surface area contributed by atoms with Crippen LogP contribution in [0, 0.1) is 5.92 Å². The highest BCUT2D eigenvalue weighted by atomic mass is 16.3. The van der Waals surface area contributed by atoms with E-state index in [1.165, 1.54) is 0 Å². The third-order valence-corrected chi connectivity index (χ3v) is 3.45. The number of carbonyl (C=O) groups excluding carboxylic acids is 1. The van der Waals surface area contributed by atoms with Gasteiger partial charge < -0.3 is 16.2 Å². The number of aliphatic hydroxyl groups excluding tert-OH is 1. The fourth-order valence-corrected chi connectivity index (χ4v) is 1.72. The van der Waals surface area contributed by atoms with Gasteiger partial charge in [0, 0.05) is 0 Å². The Balaban J connectivity index is 1.94. The zero-order valence-corrected chi connectivity index (χ0v) is 8.55. The normalized spacial score (nSPS) is 27.9. The van der Waals surface area contributed by atoms with Gasteiger partial charge in [0.15, 0.2) is 0 Å². The predicted octanol–water partition coefficient (Wildman–Crippen LogP) is -0.245. The highest BCUT2D eigenvalue weighted by Crippen LogP contribution is 2.40. The van der Waals surface area contributed by atoms with Crippen molar-refractivity contribution in [2.24, 2.45) is 11.7 Å². The molecule has 0 bridgehead atoms. The molecule has 4 N–H and O–H groups in total. The second-order valence-corrected chi connectivity index (χ2v) is 4.95. The third kappa shape index (κ3) is 1.64. The number of nitrogens with two attached hydrogens (primary N) is 1. The standard InChI is InChI=1S/C10H18N2O2/c1-9(11,7-2-3-7)8(14)12-10(6-13)4-5-10/h7,13H,2-6,11H2,1H3,(H,12,14). The van der Waals surface area contributed by atoms with E-state index in [1.807, 2.05) is 0 Å². The lowest BCUT2D eigenvalue weighted by Crippen LogP contribution is -2.57. The van der Waals surface area contributed by atoms with Crippen molar-refractivity contribution in [1.82, 2.24) is 5.32 Å². The van der Waals surface area contributed by atoms with E-state index >= 15 is 0 Å². The van der Waals surface area contributed by atoms with Gasteiger partial charge in [-0.3, -0.25) is 4.79 Å². The summed E-state index contributed by atoms with van der Waals surface area (Å²) in [7, 11) is 0. The zero-order valence-electron chi connectivity index (χ0n) is 8.55. The Kier molecular flexibility index (Phi) is 2.08. The number of amides is 1. The Hall–Kier alpha value is -0.610. The van der Waals surface area contributed by atoms with Crippen LogP contribution in [-0.4, -0.2) is 28.7 Å². The topological polar surface area (TPSA) is 75.4 Å². The van der Waals surface area contributed by atoms with Crippen molar-refractivity contribution in [3.05, 3.63) is 0 Å². The van der Waals surface area contributed by atoms with E-state index in [4.69, 9.17) is 10.8 Å². The van der Waals surface area contributed by atoms with Crippen molar-refractivity contribution in [2.75, 3.05) is 6.61 Å². The summed E-state index contributed by atoms with van der Waals surface area (Å²) in [6.07, 6.45) is 3.84. The SMILES string of the molecule is CC(N)(C(=O)NC1(CO)CC1)C1CC1. The summed E-state index contributed by atoms with van der Waals surface area (Å²) >= 11 is 0. The second-order valence-electron chi connectivity index (χ2n) is 4.95. The van der Waals surface area contributed by atoms with Crippen molar-refractivity contribution >= 4 is 5.91 Å². The molecule has 0 aromatic rings. The predicted molar refractivity (Wildman–Crippen MR) is 52.5 cm³/mol. The van der Waals surface area contributed by atoms with Crippen LogP contribution in [0.25, 0.3) is 0 Å². The maximum Gasteiger partial charge on any atom is 0.240 e. The number of aliphatic hydroxyl groups is 1. The average molecular weight is 198 g/mol. The smallest absolute Gasteiger partial charge is 0.240 e. The van der Waals surface area contributed by atoms with Gasteiger partial charge in [0.1, 0.15) is 0 Å². The monoisotopic (exact) mass is 198 g/mol. The van der Waals surface area contributed by atoms with Crippen molar-refractivity contribution < 1.29 is 9.90 Å². The van der Waals surface area contributed by atoms with Crippen LogP contribution in [0.15, 0.2) is 0 Å². The first kappa shape index (κ1) is 9.93. The van der Waals surface area contributed by atoms with Crippen LogP contribution in [0.1, 0.15) is 32.6 Å². The van der Waals surface area contributed by atoms with Gasteiger partial charge in [-0.2, -0.15) is 0 Å². The van der Waals surface area contributed by atoms with Gasteiger partial charge in [0.25, 0.3) is 0 Å². The van der Waals surface area contributed by atoms with Crippen LogP contribution in [0.4, 0.5) is 0 Å². The molecule has 1 atom stereocenters. The molecule has 14 heavy (non-hydrogen) atoms. The summed E-state index contributed by atoms with van der Waals surface area (Å²) in [5.41, 5.74) is 4.88. The van der Waals surface area contributed by atoms with Crippen LogP contribution in [0.2, 0.25) is 0 Å². The first-order valence-electron chi connectivity index (χ1n) is 5.22. The Morgan fingerprint density at radius 2 is 2.21 bits per heavy atom. The molecule has 0 aliphatic heterocycles. The van der Waals surface area contributed by atoms with Crippen LogP contribution in [0.3, 0.4) is 0 Å². The lowest BCUT2D eigenvalue weighted by atomic mass is 9.95. The Bertz CT molecular complexity index is 255. The number of hydrogen-bond acceptors (Lipinski definition) is 3. The maximum atomic E-state index is 11.8. The van der Waals surface area contributed by atoms with Gasteiger partial charge in [-0.1, -0.05) is 0 Å². The molecule has 2 rings (SSSR count). The van der Waals surface area contributed by atoms with Crippen molar-refractivity contribution in [3.63, 3.8) is 0 Å². The molecule has 0 spiro atoms. The summed E-state index contributed by atoms with van der Waals surface area (Å²) < 4.78 is 0. The van der Waals surface area contributed by atoms with Crippen LogP contribution >= 0.6 is 0 Å². The minimum atomic E-state index is -0.745. The number of carbonyl (C=O) groups is 1. The Morgan fingerprint density at radius 3 is 2.57 bits per heavy atom. The fraction of sp³-hybridized carbons (Fsp3) is 0.900. The van der Waals surface area contributed by atoms with Crippen molar-refractivity contribution in [3.8, 4) is 0 Å². The summed E-state index contributed by atoms with van der Waals surface area (Å²) in [5.74, 6) is 0.226. The molecule has 2 fully saturated rings. The van der Waals surface area contributed by atoms with Crippen molar-refractivity contribution in [1.29, 1.82) is 0 Å². The first-order valence-corrected chi connectivity index (χ1v) is 5.22. The molecule has 80 valence electrons. The molecule has 1 amide bonds. The van der Waals surface area contributed by atoms with Gasteiger partial charge in [0.05, 0.1) is 17.7 Å². The fourth-order valence-electron chi connectivity index (χ4n) is 1.72. The second kappa shape index (κ2) is 2.94. The molecule has 4 heteroatoms. The van der Waals surface area contributed by atoms with E-state index in [1.54, 1.807) is 6.92 Å². The number of rotatable bonds is 4. The van der Waals surface area contributed by atoms with Gasteiger partial charge in [-0.15, -0.1) is 0 Å². The first-order chi connectivity index (χ1) is 6.50. The molecule has 0 heterocycles. The van der Waals surface area contributed by atoms with E-state index in [2.05, 4.69) is 5.32 Å². The lowest BCUT2D eigenvalue weighted by molar-refractivity contribution is -0.127. The minimum Gasteiger partial charge on any atom is -0.394 e. The van der Waals surface area contributed by atoms with Crippen LogP contribution in [-0.2, 0) is 4.79 Å². The molecule has 2 aliphatic carbocycles. The van der Waals surface area contributed by atoms with Gasteiger partial charge in [0.2, 0.25) is 5.91 Å². The lowest BCUT2D eigenvalue weighted by Gasteiger charge is -2.26. The minimum absolute atomic E-state index is 0.0273. The largest absolute Gasteiger partial charge is 0.394 e. The van der Waals surface area contributed by atoms with Gasteiger partial charge >= 0.3 is 0 Å². The molecule has 1 unspecified atom stereocenters.